The molecule has 0 radical (unpaired) electrons. The van der Waals surface area contributed by atoms with E-state index in [0.29, 0.717) is 48.2 Å². The minimum Gasteiger partial charge on any atom is -0.444 e. The molecule has 2 aliphatic heterocycles. The van der Waals surface area contributed by atoms with Gasteiger partial charge in [-0.15, -0.1) is 0 Å². The largest absolute Gasteiger partial charge is 0.444 e. The molecule has 2 fully saturated rings. The monoisotopic (exact) mass is 604 g/mol. The molecule has 0 bridgehead atoms. The Kier molecular flexibility index (Phi) is 10.0. The van der Waals surface area contributed by atoms with E-state index in [1.807, 2.05) is 32.9 Å². The van der Waals surface area contributed by atoms with E-state index in [1.165, 1.54) is 11.8 Å². The van der Waals surface area contributed by atoms with Gasteiger partial charge in [-0.2, -0.15) is 0 Å². The predicted octanol–water partition coefficient (Wildman–Crippen LogP) is 4.86. The highest BCUT2D eigenvalue weighted by atomic mass is 35.5. The first-order valence-corrected chi connectivity index (χ1v) is 15.3. The fraction of sp³-hybridized carbons (Fsp3) is 0.586. The molecule has 0 atom stereocenters. The predicted molar refractivity (Wildman–Crippen MR) is 162 cm³/mol. The third-order valence-corrected chi connectivity index (χ3v) is 8.94. The number of alkyl carbamates (subject to hydrolysis) is 1. The SMILES string of the molecule is CC1(CNC(=O)OC(C)(C)C)CCN(c2cnc(Sc3cccc(NC(=O)CC4(O)CCNCC4)c3Cl)cn2)CC1. The summed E-state index contributed by atoms with van der Waals surface area (Å²) >= 11 is 8.01. The van der Waals surface area contributed by atoms with Crippen molar-refractivity contribution in [2.75, 3.05) is 42.9 Å². The average Bonchev–Trinajstić information content (AvgIpc) is 2.90. The number of nitrogens with zero attached hydrogens (tertiary/aromatic N) is 3. The van der Waals surface area contributed by atoms with Crippen molar-refractivity contribution in [1.29, 1.82) is 0 Å². The van der Waals surface area contributed by atoms with Crippen LogP contribution in [0.1, 0.15) is 59.8 Å². The Bertz CT molecular complexity index is 1210. The number of ether oxygens (including phenoxy) is 1. The van der Waals surface area contributed by atoms with Crippen LogP contribution in [-0.2, 0) is 9.53 Å². The number of amides is 2. The summed E-state index contributed by atoms with van der Waals surface area (Å²) in [6.45, 7) is 11.3. The van der Waals surface area contributed by atoms with Crippen LogP contribution >= 0.6 is 23.4 Å². The second kappa shape index (κ2) is 13.1. The second-order valence-corrected chi connectivity index (χ2v) is 13.7. The van der Waals surface area contributed by atoms with E-state index >= 15 is 0 Å². The van der Waals surface area contributed by atoms with Gasteiger partial charge in [-0.1, -0.05) is 36.4 Å². The van der Waals surface area contributed by atoms with Crippen LogP contribution in [0.3, 0.4) is 0 Å². The molecule has 3 heterocycles. The minimum absolute atomic E-state index is 0.0147. The van der Waals surface area contributed by atoms with Crippen molar-refractivity contribution >= 4 is 46.9 Å². The van der Waals surface area contributed by atoms with Crippen LogP contribution in [0.15, 0.2) is 40.5 Å². The third-order valence-electron chi connectivity index (χ3n) is 7.44. The first-order valence-electron chi connectivity index (χ1n) is 14.1. The molecular formula is C29H41ClN6O4S. The summed E-state index contributed by atoms with van der Waals surface area (Å²) in [6, 6.07) is 5.45. The molecule has 2 saturated heterocycles. The Morgan fingerprint density at radius 2 is 1.85 bits per heavy atom. The maximum absolute atomic E-state index is 12.6. The molecule has 2 aromatic rings. The lowest BCUT2D eigenvalue weighted by Gasteiger charge is -2.40. The standard InChI is InChI=1S/C29H41ClN6O4S/c1-27(2,3)40-26(38)34-19-28(4)10-14-36(15-11-28)22-17-33-24(18-32-22)41-21-7-5-6-20(25(21)30)35-23(37)16-29(39)8-12-31-13-9-29/h5-7,17-18,31,39H,8-16,19H2,1-4H3,(H,34,38)(H,35,37). The van der Waals surface area contributed by atoms with Crippen LogP contribution in [0.4, 0.5) is 16.3 Å². The van der Waals surface area contributed by atoms with Crippen LogP contribution in [0.25, 0.3) is 0 Å². The lowest BCUT2D eigenvalue weighted by atomic mass is 9.80. The maximum Gasteiger partial charge on any atom is 0.407 e. The fourth-order valence-corrected chi connectivity index (χ4v) is 6.01. The van der Waals surface area contributed by atoms with Gasteiger partial charge in [0, 0.05) is 24.5 Å². The number of nitrogens with one attached hydrogen (secondary N) is 3. The van der Waals surface area contributed by atoms with Crippen LogP contribution in [-0.4, -0.2) is 71.0 Å². The van der Waals surface area contributed by atoms with E-state index in [0.717, 1.165) is 36.6 Å². The number of halogens is 1. The normalized spacial score (nSPS) is 18.4. The number of carbonyl (C=O) groups is 2. The van der Waals surface area contributed by atoms with E-state index in [9.17, 15) is 14.7 Å². The summed E-state index contributed by atoms with van der Waals surface area (Å²) in [7, 11) is 0. The van der Waals surface area contributed by atoms with Gasteiger partial charge in [-0.05, 0) is 77.1 Å². The summed E-state index contributed by atoms with van der Waals surface area (Å²) in [5.41, 5.74) is -1.02. The number of anilines is 2. The molecule has 224 valence electrons. The molecule has 0 saturated carbocycles. The highest BCUT2D eigenvalue weighted by molar-refractivity contribution is 7.99. The van der Waals surface area contributed by atoms with Gasteiger partial charge >= 0.3 is 6.09 Å². The van der Waals surface area contributed by atoms with Crippen molar-refractivity contribution in [2.45, 2.75) is 80.9 Å². The number of piperidine rings is 2. The first kappa shape index (κ1) is 31.3. The zero-order chi connectivity index (χ0) is 29.7. The molecule has 2 aliphatic rings. The molecule has 41 heavy (non-hydrogen) atoms. The summed E-state index contributed by atoms with van der Waals surface area (Å²) in [4.78, 5) is 36.9. The highest BCUT2D eigenvalue weighted by Crippen LogP contribution is 2.37. The number of hydrogen-bond donors (Lipinski definition) is 4. The number of benzene rings is 1. The number of aliphatic hydroxyl groups is 1. The highest BCUT2D eigenvalue weighted by Gasteiger charge is 2.33. The third kappa shape index (κ3) is 9.19. The smallest absolute Gasteiger partial charge is 0.407 e. The van der Waals surface area contributed by atoms with Gasteiger partial charge in [-0.25, -0.2) is 14.8 Å². The van der Waals surface area contributed by atoms with E-state index < -0.39 is 11.2 Å². The quantitative estimate of drug-likeness (QED) is 0.334. The van der Waals surface area contributed by atoms with Gasteiger partial charge in [0.1, 0.15) is 16.4 Å². The Balaban J connectivity index is 1.29. The summed E-state index contributed by atoms with van der Waals surface area (Å²) in [5, 5.41) is 20.8. The Labute approximate surface area is 251 Å². The van der Waals surface area contributed by atoms with E-state index in [-0.39, 0.29) is 23.8 Å². The summed E-state index contributed by atoms with van der Waals surface area (Å²) in [6.07, 6.45) is 6.04. The molecule has 0 aliphatic carbocycles. The topological polar surface area (TPSA) is 129 Å². The Morgan fingerprint density at radius 3 is 2.49 bits per heavy atom. The molecule has 4 N–H and O–H groups in total. The lowest BCUT2D eigenvalue weighted by molar-refractivity contribution is -0.122. The molecule has 0 spiro atoms. The minimum atomic E-state index is -0.991. The molecular weight excluding hydrogens is 564 g/mol. The molecule has 0 unspecified atom stereocenters. The van der Waals surface area contributed by atoms with E-state index in [4.69, 9.17) is 16.3 Å². The number of rotatable bonds is 8. The van der Waals surface area contributed by atoms with Crippen molar-refractivity contribution < 1.29 is 19.4 Å². The Hall–Kier alpha value is -2.60. The molecule has 12 heteroatoms. The maximum atomic E-state index is 12.6. The number of hydrogen-bond acceptors (Lipinski definition) is 9. The number of aromatic nitrogens is 2. The van der Waals surface area contributed by atoms with Crippen molar-refractivity contribution in [3.8, 4) is 0 Å². The van der Waals surface area contributed by atoms with E-state index in [2.05, 4.69) is 37.7 Å². The van der Waals surface area contributed by atoms with Gasteiger partial charge < -0.3 is 30.7 Å². The van der Waals surface area contributed by atoms with Crippen LogP contribution < -0.4 is 20.9 Å². The van der Waals surface area contributed by atoms with Gasteiger partial charge in [0.15, 0.2) is 0 Å². The van der Waals surface area contributed by atoms with Crippen molar-refractivity contribution in [3.63, 3.8) is 0 Å². The van der Waals surface area contributed by atoms with Crippen LogP contribution in [0.5, 0.6) is 0 Å². The van der Waals surface area contributed by atoms with Crippen molar-refractivity contribution in [3.05, 3.63) is 35.6 Å². The van der Waals surface area contributed by atoms with Gasteiger partial charge in [-0.3, -0.25) is 4.79 Å². The molecule has 1 aromatic heterocycles. The van der Waals surface area contributed by atoms with E-state index in [1.54, 1.807) is 18.5 Å². The fourth-order valence-electron chi connectivity index (χ4n) is 4.94. The second-order valence-electron chi connectivity index (χ2n) is 12.3. The lowest BCUT2D eigenvalue weighted by Crippen LogP contribution is -2.45. The van der Waals surface area contributed by atoms with Gasteiger partial charge in [0.2, 0.25) is 5.91 Å². The molecule has 4 rings (SSSR count). The van der Waals surface area contributed by atoms with Crippen molar-refractivity contribution in [2.24, 2.45) is 5.41 Å². The molecule has 2 amide bonds. The zero-order valence-corrected chi connectivity index (χ0v) is 25.8. The molecule has 10 nitrogen and oxygen atoms in total. The summed E-state index contributed by atoms with van der Waals surface area (Å²) in [5.74, 6) is 0.542. The van der Waals surface area contributed by atoms with Crippen LogP contribution in [0.2, 0.25) is 5.02 Å². The zero-order valence-electron chi connectivity index (χ0n) is 24.3. The Morgan fingerprint density at radius 1 is 1.15 bits per heavy atom. The average molecular weight is 605 g/mol. The van der Waals surface area contributed by atoms with Crippen LogP contribution in [0, 0.1) is 5.41 Å². The van der Waals surface area contributed by atoms with Crippen molar-refractivity contribution in [1.82, 2.24) is 20.6 Å². The molecule has 1 aromatic carbocycles. The summed E-state index contributed by atoms with van der Waals surface area (Å²) < 4.78 is 5.36. The van der Waals surface area contributed by atoms with Gasteiger partial charge in [0.25, 0.3) is 0 Å². The van der Waals surface area contributed by atoms with Gasteiger partial charge in [0.05, 0.1) is 35.1 Å². The number of carbonyl (C=O) groups excluding carboxylic acids is 2. The first-order chi connectivity index (χ1) is 19.3.